The molecule has 0 spiro atoms. The monoisotopic (exact) mass is 276 g/mol. The summed E-state index contributed by atoms with van der Waals surface area (Å²) in [6.07, 6.45) is 1.27. The molecular formula is C16H24N2O2. The minimum Gasteiger partial charge on any atom is -0.388 e. The van der Waals surface area contributed by atoms with E-state index in [1.54, 1.807) is 0 Å². The van der Waals surface area contributed by atoms with Crippen LogP contribution in [0.25, 0.3) is 0 Å². The van der Waals surface area contributed by atoms with Crippen molar-refractivity contribution in [3.8, 4) is 0 Å². The number of rotatable bonds is 4. The van der Waals surface area contributed by atoms with Gasteiger partial charge in [-0.05, 0) is 38.4 Å². The summed E-state index contributed by atoms with van der Waals surface area (Å²) in [7, 11) is 0. The Morgan fingerprint density at radius 2 is 2.10 bits per heavy atom. The third-order valence-electron chi connectivity index (χ3n) is 3.95. The van der Waals surface area contributed by atoms with Crippen LogP contribution >= 0.6 is 0 Å². The number of nitrogens with zero attached hydrogens (tertiary/aromatic N) is 1. The van der Waals surface area contributed by atoms with Crippen LogP contribution in [0.2, 0.25) is 0 Å². The van der Waals surface area contributed by atoms with Crippen LogP contribution in [0, 0.1) is 6.92 Å². The lowest BCUT2D eigenvalue weighted by atomic mass is 9.91. The minimum atomic E-state index is -0.667. The largest absolute Gasteiger partial charge is 0.388 e. The molecule has 1 aromatic rings. The molecule has 0 saturated carbocycles. The number of amides is 1. The Kier molecular flexibility index (Phi) is 4.78. The summed E-state index contributed by atoms with van der Waals surface area (Å²) in [6, 6.07) is 7.67. The Morgan fingerprint density at radius 1 is 1.40 bits per heavy atom. The number of benzene rings is 1. The topological polar surface area (TPSA) is 52.6 Å². The van der Waals surface area contributed by atoms with Gasteiger partial charge in [-0.3, -0.25) is 4.79 Å². The highest BCUT2D eigenvalue weighted by atomic mass is 16.3. The predicted molar refractivity (Wildman–Crippen MR) is 79.8 cm³/mol. The molecule has 2 rings (SSSR count). The van der Waals surface area contributed by atoms with Crippen LogP contribution in [-0.4, -0.2) is 47.7 Å². The molecule has 0 unspecified atom stereocenters. The van der Waals surface area contributed by atoms with Crippen LogP contribution in [0.1, 0.15) is 35.7 Å². The SMILES string of the molecule is CCNCC1(O)CCN(C(=O)c2cccc(C)c2)CC1. The van der Waals surface area contributed by atoms with E-state index in [1.165, 1.54) is 0 Å². The summed E-state index contributed by atoms with van der Waals surface area (Å²) in [4.78, 5) is 14.2. The number of piperidine rings is 1. The van der Waals surface area contributed by atoms with E-state index in [0.717, 1.165) is 17.7 Å². The summed E-state index contributed by atoms with van der Waals surface area (Å²) >= 11 is 0. The van der Waals surface area contributed by atoms with Crippen LogP contribution in [-0.2, 0) is 0 Å². The van der Waals surface area contributed by atoms with E-state index in [4.69, 9.17) is 0 Å². The molecule has 4 nitrogen and oxygen atoms in total. The van der Waals surface area contributed by atoms with E-state index in [9.17, 15) is 9.90 Å². The molecule has 1 aliphatic heterocycles. The molecule has 20 heavy (non-hydrogen) atoms. The third-order valence-corrected chi connectivity index (χ3v) is 3.95. The number of hydrogen-bond donors (Lipinski definition) is 2. The molecule has 2 N–H and O–H groups in total. The van der Waals surface area contributed by atoms with Crippen molar-refractivity contribution in [3.05, 3.63) is 35.4 Å². The average molecular weight is 276 g/mol. The maximum Gasteiger partial charge on any atom is 0.253 e. The number of aryl methyl sites for hydroxylation is 1. The fourth-order valence-corrected chi connectivity index (χ4v) is 2.62. The zero-order valence-corrected chi connectivity index (χ0v) is 12.4. The van der Waals surface area contributed by atoms with Crippen LogP contribution < -0.4 is 5.32 Å². The van der Waals surface area contributed by atoms with Crippen LogP contribution in [0.5, 0.6) is 0 Å². The molecule has 1 aliphatic rings. The second kappa shape index (κ2) is 6.37. The van der Waals surface area contributed by atoms with E-state index in [0.29, 0.717) is 32.5 Å². The number of hydrogen-bond acceptors (Lipinski definition) is 3. The van der Waals surface area contributed by atoms with Crippen molar-refractivity contribution >= 4 is 5.91 Å². The van der Waals surface area contributed by atoms with Gasteiger partial charge in [0.05, 0.1) is 5.60 Å². The number of likely N-dealkylation sites (N-methyl/N-ethyl adjacent to an activating group) is 1. The van der Waals surface area contributed by atoms with Crippen molar-refractivity contribution in [2.75, 3.05) is 26.2 Å². The molecule has 110 valence electrons. The van der Waals surface area contributed by atoms with Gasteiger partial charge < -0.3 is 15.3 Å². The molecular weight excluding hydrogens is 252 g/mol. The number of nitrogens with one attached hydrogen (secondary N) is 1. The number of aliphatic hydroxyl groups is 1. The first kappa shape index (κ1) is 15.0. The highest BCUT2D eigenvalue weighted by molar-refractivity contribution is 5.94. The molecule has 0 aromatic heterocycles. The fourth-order valence-electron chi connectivity index (χ4n) is 2.62. The normalized spacial score (nSPS) is 18.1. The molecule has 0 bridgehead atoms. The summed E-state index contributed by atoms with van der Waals surface area (Å²) in [5.74, 6) is 0.0687. The lowest BCUT2D eigenvalue weighted by Gasteiger charge is -2.38. The van der Waals surface area contributed by atoms with Gasteiger partial charge in [0.25, 0.3) is 5.91 Å². The number of likely N-dealkylation sites (tertiary alicyclic amines) is 1. The molecule has 0 radical (unpaired) electrons. The first-order valence-corrected chi connectivity index (χ1v) is 7.33. The van der Waals surface area contributed by atoms with Gasteiger partial charge in [-0.15, -0.1) is 0 Å². The minimum absolute atomic E-state index is 0.0687. The van der Waals surface area contributed by atoms with E-state index < -0.39 is 5.60 Å². The van der Waals surface area contributed by atoms with Crippen molar-refractivity contribution in [1.82, 2.24) is 10.2 Å². The second-order valence-electron chi connectivity index (χ2n) is 5.67. The molecule has 1 fully saturated rings. The van der Waals surface area contributed by atoms with Gasteiger partial charge in [0, 0.05) is 25.2 Å². The Hall–Kier alpha value is -1.39. The fraction of sp³-hybridized carbons (Fsp3) is 0.562. The number of carbonyl (C=O) groups excluding carboxylic acids is 1. The first-order chi connectivity index (χ1) is 9.54. The molecule has 1 amide bonds. The van der Waals surface area contributed by atoms with Crippen LogP contribution in [0.3, 0.4) is 0 Å². The lowest BCUT2D eigenvalue weighted by Crippen LogP contribution is -2.51. The van der Waals surface area contributed by atoms with Crippen molar-refractivity contribution in [2.24, 2.45) is 0 Å². The van der Waals surface area contributed by atoms with Crippen molar-refractivity contribution < 1.29 is 9.90 Å². The Balaban J connectivity index is 1.95. The van der Waals surface area contributed by atoms with Gasteiger partial charge >= 0.3 is 0 Å². The smallest absolute Gasteiger partial charge is 0.253 e. The standard InChI is InChI=1S/C16H24N2O2/c1-3-17-12-16(20)7-9-18(10-8-16)15(19)14-6-4-5-13(2)11-14/h4-6,11,17,20H,3,7-10,12H2,1-2H3. The summed E-state index contributed by atoms with van der Waals surface area (Å²) in [6.45, 7) is 6.72. The van der Waals surface area contributed by atoms with Crippen LogP contribution in [0.4, 0.5) is 0 Å². The Labute approximate surface area is 120 Å². The van der Waals surface area contributed by atoms with Crippen LogP contribution in [0.15, 0.2) is 24.3 Å². The van der Waals surface area contributed by atoms with Gasteiger partial charge in [-0.2, -0.15) is 0 Å². The van der Waals surface area contributed by atoms with E-state index in [1.807, 2.05) is 43.0 Å². The Bertz CT molecular complexity index is 465. The van der Waals surface area contributed by atoms with E-state index in [2.05, 4.69) is 5.32 Å². The van der Waals surface area contributed by atoms with E-state index in [-0.39, 0.29) is 5.91 Å². The summed E-state index contributed by atoms with van der Waals surface area (Å²) in [5.41, 5.74) is 1.16. The second-order valence-corrected chi connectivity index (χ2v) is 5.67. The van der Waals surface area contributed by atoms with Gasteiger partial charge in [-0.1, -0.05) is 24.6 Å². The highest BCUT2D eigenvalue weighted by Gasteiger charge is 2.33. The Morgan fingerprint density at radius 3 is 2.70 bits per heavy atom. The third kappa shape index (κ3) is 3.58. The molecule has 0 atom stereocenters. The summed E-state index contributed by atoms with van der Waals surface area (Å²) in [5, 5.41) is 13.6. The van der Waals surface area contributed by atoms with Crippen molar-refractivity contribution in [1.29, 1.82) is 0 Å². The first-order valence-electron chi connectivity index (χ1n) is 7.33. The zero-order valence-electron chi connectivity index (χ0n) is 12.4. The molecule has 1 saturated heterocycles. The lowest BCUT2D eigenvalue weighted by molar-refractivity contribution is -0.0152. The molecule has 1 aromatic carbocycles. The molecule has 0 aliphatic carbocycles. The highest BCUT2D eigenvalue weighted by Crippen LogP contribution is 2.23. The summed E-state index contributed by atoms with van der Waals surface area (Å²) < 4.78 is 0. The zero-order chi connectivity index (χ0) is 14.6. The van der Waals surface area contributed by atoms with Crippen molar-refractivity contribution in [2.45, 2.75) is 32.3 Å². The number of carbonyl (C=O) groups is 1. The van der Waals surface area contributed by atoms with Gasteiger partial charge in [0.1, 0.15) is 0 Å². The van der Waals surface area contributed by atoms with Gasteiger partial charge in [0.2, 0.25) is 0 Å². The average Bonchev–Trinajstić information content (AvgIpc) is 2.45. The van der Waals surface area contributed by atoms with E-state index >= 15 is 0 Å². The predicted octanol–water partition coefficient (Wildman–Crippen LogP) is 1.57. The maximum atomic E-state index is 12.4. The van der Waals surface area contributed by atoms with Crippen molar-refractivity contribution in [3.63, 3.8) is 0 Å². The van der Waals surface area contributed by atoms with Gasteiger partial charge in [-0.25, -0.2) is 0 Å². The van der Waals surface area contributed by atoms with Gasteiger partial charge in [0.15, 0.2) is 0 Å². The molecule has 4 heteroatoms. The quantitative estimate of drug-likeness (QED) is 0.878. The maximum absolute atomic E-state index is 12.4. The molecule has 1 heterocycles.